The van der Waals surface area contributed by atoms with Gasteiger partial charge in [0.15, 0.2) is 11.4 Å². The van der Waals surface area contributed by atoms with Gasteiger partial charge in [-0.1, -0.05) is 41.9 Å². The van der Waals surface area contributed by atoms with Crippen LogP contribution in [-0.2, 0) is 27.3 Å². The van der Waals surface area contributed by atoms with Gasteiger partial charge in [-0.2, -0.15) is 0 Å². The third-order valence-corrected chi connectivity index (χ3v) is 9.56. The van der Waals surface area contributed by atoms with Gasteiger partial charge in [0, 0.05) is 29.1 Å². The zero-order chi connectivity index (χ0) is 30.8. The molecule has 1 unspecified atom stereocenters. The van der Waals surface area contributed by atoms with Crippen molar-refractivity contribution in [1.82, 2.24) is 9.80 Å². The molecule has 0 spiro atoms. The van der Waals surface area contributed by atoms with Crippen molar-refractivity contribution in [3.05, 3.63) is 80.6 Å². The normalized spacial score (nSPS) is 26.3. The maximum absolute atomic E-state index is 13.9. The number of nitrogens with zero attached hydrogens (tertiary/aromatic N) is 2. The molecule has 0 aliphatic heterocycles. The molecule has 11 heteroatoms. The van der Waals surface area contributed by atoms with Gasteiger partial charge in [-0.25, -0.2) is 0 Å². The lowest BCUT2D eigenvalue weighted by molar-refractivity contribution is -0.153. The summed E-state index contributed by atoms with van der Waals surface area (Å²) in [6, 6.07) is 10.2. The number of ketones is 2. The minimum atomic E-state index is -2.68. The maximum Gasteiger partial charge on any atom is 0.255 e. The average molecular weight is 596 g/mol. The number of aliphatic hydroxyl groups excluding tert-OH is 2. The molecular formula is C31H34ClN3O7. The van der Waals surface area contributed by atoms with Crippen molar-refractivity contribution in [1.29, 1.82) is 0 Å². The van der Waals surface area contributed by atoms with E-state index in [1.165, 1.54) is 11.0 Å². The number of phenols is 1. The SMILES string of the molecule is CC(c1ccccc1)N(C)Cc1cc(O)c2c(c1Cl)C[C@H]1C[C@H]3[C@H](N(C)C)C(=O)C(C(N)=O)=C(O)[C@@]3(O)C(=O)C1=C2O. The summed E-state index contributed by atoms with van der Waals surface area (Å²) < 4.78 is 0. The Morgan fingerprint density at radius 2 is 1.79 bits per heavy atom. The van der Waals surface area contributed by atoms with E-state index in [2.05, 4.69) is 11.8 Å². The monoisotopic (exact) mass is 595 g/mol. The fraction of sp³-hybridized carbons (Fsp3) is 0.387. The molecule has 0 saturated heterocycles. The van der Waals surface area contributed by atoms with Crippen LogP contribution >= 0.6 is 11.6 Å². The Morgan fingerprint density at radius 1 is 1.14 bits per heavy atom. The minimum Gasteiger partial charge on any atom is -0.508 e. The standard InChI is InChI=1S/C31H34ClN3O7/c1-14(15-8-6-5-7-9-15)35(4)13-17-12-20(36)22-18(24(17)32)10-16-11-19-25(34(2)3)27(38)23(30(33)41)29(40)31(19,42)28(39)21(16)26(22)37/h5-9,12,14,16,19,25,36-37,40,42H,10-11,13H2,1-4H3,(H2,33,41)/t14?,16-,19-,25-,31-/m0/s1. The van der Waals surface area contributed by atoms with Crippen LogP contribution in [-0.4, -0.2) is 80.5 Å². The highest BCUT2D eigenvalue weighted by Gasteiger charge is 2.64. The van der Waals surface area contributed by atoms with Crippen molar-refractivity contribution in [3.63, 3.8) is 0 Å². The van der Waals surface area contributed by atoms with Crippen LogP contribution in [0.4, 0.5) is 0 Å². The van der Waals surface area contributed by atoms with Gasteiger partial charge < -0.3 is 26.2 Å². The number of rotatable bonds is 6. The highest BCUT2D eigenvalue weighted by molar-refractivity contribution is 6.32. The number of carbonyl (C=O) groups is 3. The topological polar surface area (TPSA) is 165 Å². The third kappa shape index (κ3) is 4.32. The molecule has 0 heterocycles. The van der Waals surface area contributed by atoms with Crippen LogP contribution in [0.15, 0.2) is 53.3 Å². The first-order valence-corrected chi connectivity index (χ1v) is 14.0. The number of nitrogens with two attached hydrogens (primary N) is 1. The van der Waals surface area contributed by atoms with Crippen LogP contribution < -0.4 is 5.73 Å². The van der Waals surface area contributed by atoms with Crippen LogP contribution in [0.3, 0.4) is 0 Å². The summed E-state index contributed by atoms with van der Waals surface area (Å²) in [5.41, 5.74) is 3.77. The van der Waals surface area contributed by atoms with Crippen LogP contribution in [0, 0.1) is 11.8 Å². The van der Waals surface area contributed by atoms with Gasteiger partial charge in [0.2, 0.25) is 5.78 Å². The molecule has 1 saturated carbocycles. The Kier molecular flexibility index (Phi) is 7.47. The van der Waals surface area contributed by atoms with Crippen LogP contribution in [0.1, 0.15) is 41.6 Å². The molecule has 0 radical (unpaired) electrons. The zero-order valence-corrected chi connectivity index (χ0v) is 24.5. The van der Waals surface area contributed by atoms with Crippen molar-refractivity contribution < 1.29 is 34.8 Å². The molecule has 42 heavy (non-hydrogen) atoms. The van der Waals surface area contributed by atoms with Crippen LogP contribution in [0.5, 0.6) is 5.75 Å². The molecule has 5 rings (SSSR count). The summed E-state index contributed by atoms with van der Waals surface area (Å²) in [4.78, 5) is 42.8. The smallest absolute Gasteiger partial charge is 0.255 e. The molecule has 5 atom stereocenters. The molecule has 2 aromatic carbocycles. The lowest BCUT2D eigenvalue weighted by atomic mass is 9.57. The average Bonchev–Trinajstić information content (AvgIpc) is 2.93. The molecule has 0 aromatic heterocycles. The number of primary amides is 1. The highest BCUT2D eigenvalue weighted by Crippen LogP contribution is 2.53. The lowest BCUT2D eigenvalue weighted by Crippen LogP contribution is -2.65. The zero-order valence-electron chi connectivity index (χ0n) is 23.8. The number of fused-ring (bicyclic) bond motifs is 3. The van der Waals surface area contributed by atoms with E-state index in [-0.39, 0.29) is 35.8 Å². The summed E-state index contributed by atoms with van der Waals surface area (Å²) in [7, 11) is 5.05. The molecule has 10 nitrogen and oxygen atoms in total. The summed E-state index contributed by atoms with van der Waals surface area (Å²) in [6.07, 6.45) is 0.130. The number of phenolic OH excluding ortho intramolecular Hbond substituents is 1. The van der Waals surface area contributed by atoms with Gasteiger partial charge in [-0.3, -0.25) is 24.2 Å². The first kappa shape index (κ1) is 29.8. The number of halogens is 1. The molecule has 6 N–H and O–H groups in total. The molecule has 3 aliphatic carbocycles. The van der Waals surface area contributed by atoms with Gasteiger partial charge in [0.05, 0.1) is 11.6 Å². The van der Waals surface area contributed by atoms with Gasteiger partial charge in [-0.15, -0.1) is 0 Å². The lowest BCUT2D eigenvalue weighted by Gasteiger charge is -2.50. The van der Waals surface area contributed by atoms with E-state index >= 15 is 0 Å². The van der Waals surface area contributed by atoms with Gasteiger partial charge in [0.1, 0.15) is 22.8 Å². The second-order valence-corrected chi connectivity index (χ2v) is 12.1. The van der Waals surface area contributed by atoms with E-state index < -0.39 is 58.0 Å². The van der Waals surface area contributed by atoms with E-state index in [1.54, 1.807) is 14.1 Å². The number of hydrogen-bond acceptors (Lipinski definition) is 9. The van der Waals surface area contributed by atoms with E-state index in [0.717, 1.165) is 5.56 Å². The predicted octanol–water partition coefficient (Wildman–Crippen LogP) is 2.81. The quantitative estimate of drug-likeness (QED) is 0.316. The summed E-state index contributed by atoms with van der Waals surface area (Å²) >= 11 is 6.90. The third-order valence-electron chi connectivity index (χ3n) is 9.09. The number of Topliss-reactive ketones (excluding diaryl/α,β-unsaturated/α-hetero) is 2. The number of benzene rings is 2. The molecule has 3 aliphatic rings. The number of hydrogen-bond donors (Lipinski definition) is 5. The van der Waals surface area contributed by atoms with E-state index in [1.807, 2.05) is 37.4 Å². The molecule has 0 bridgehead atoms. The Balaban J connectivity index is 1.59. The highest BCUT2D eigenvalue weighted by atomic mass is 35.5. The minimum absolute atomic E-state index is 0.00196. The second kappa shape index (κ2) is 10.5. The number of amides is 1. The first-order chi connectivity index (χ1) is 19.7. The van der Waals surface area contributed by atoms with E-state index in [4.69, 9.17) is 17.3 Å². The molecule has 1 amide bonds. The molecule has 222 valence electrons. The molecule has 1 fully saturated rings. The van der Waals surface area contributed by atoms with Crippen molar-refractivity contribution in [2.75, 3.05) is 21.1 Å². The predicted molar refractivity (Wildman–Crippen MR) is 156 cm³/mol. The van der Waals surface area contributed by atoms with Crippen LogP contribution in [0.25, 0.3) is 5.76 Å². The van der Waals surface area contributed by atoms with Gasteiger partial charge in [0.25, 0.3) is 5.91 Å². The van der Waals surface area contributed by atoms with E-state index in [9.17, 15) is 34.8 Å². The fourth-order valence-corrected chi connectivity index (χ4v) is 7.14. The molecular weight excluding hydrogens is 562 g/mol. The van der Waals surface area contributed by atoms with E-state index in [0.29, 0.717) is 22.7 Å². The number of likely N-dealkylation sites (N-methyl/N-ethyl adjacent to an activating group) is 1. The van der Waals surface area contributed by atoms with Crippen LogP contribution in [0.2, 0.25) is 5.02 Å². The Morgan fingerprint density at radius 3 is 2.38 bits per heavy atom. The fourth-order valence-electron chi connectivity index (χ4n) is 6.85. The largest absolute Gasteiger partial charge is 0.508 e. The van der Waals surface area contributed by atoms with Crippen molar-refractivity contribution in [2.45, 2.75) is 44.0 Å². The van der Waals surface area contributed by atoms with Crippen molar-refractivity contribution >= 4 is 34.8 Å². The number of aliphatic hydroxyl groups is 3. The number of aromatic hydroxyl groups is 1. The Bertz CT molecular complexity index is 1570. The number of carbonyl (C=O) groups excluding carboxylic acids is 3. The second-order valence-electron chi connectivity index (χ2n) is 11.7. The molecule has 2 aromatic rings. The van der Waals surface area contributed by atoms with Crippen molar-refractivity contribution in [2.24, 2.45) is 17.6 Å². The first-order valence-electron chi connectivity index (χ1n) is 13.6. The van der Waals surface area contributed by atoms with Gasteiger partial charge in [-0.05, 0) is 69.6 Å². The summed E-state index contributed by atoms with van der Waals surface area (Å²) in [5, 5.41) is 45.5. The summed E-state index contributed by atoms with van der Waals surface area (Å²) in [6.45, 7) is 2.43. The Labute approximate surface area is 248 Å². The van der Waals surface area contributed by atoms with Gasteiger partial charge >= 0.3 is 0 Å². The Hall–Kier alpha value is -3.70. The summed E-state index contributed by atoms with van der Waals surface area (Å²) in [5.74, 6) is -6.95. The maximum atomic E-state index is 13.9. The van der Waals surface area contributed by atoms with Crippen molar-refractivity contribution in [3.8, 4) is 5.75 Å².